The summed E-state index contributed by atoms with van der Waals surface area (Å²) in [5.41, 5.74) is 2.41. The zero-order chi connectivity index (χ0) is 16.5. The maximum Gasteiger partial charge on any atom is 0.109 e. The van der Waals surface area contributed by atoms with Crippen LogP contribution in [0.2, 0.25) is 0 Å². The molecule has 128 valence electrons. The van der Waals surface area contributed by atoms with Gasteiger partial charge in [0.05, 0.1) is 10.8 Å². The molecular formula is C20H29ClOS. The first-order chi connectivity index (χ1) is 11.2. The summed E-state index contributed by atoms with van der Waals surface area (Å²) in [5.74, 6) is 0. The second-order valence-electron chi connectivity index (χ2n) is 6.64. The Hall–Kier alpha value is -0.600. The minimum atomic E-state index is -1.22. The molecule has 0 aromatic heterocycles. The van der Waals surface area contributed by atoms with E-state index in [4.69, 9.17) is 11.6 Å². The van der Waals surface area contributed by atoms with Gasteiger partial charge in [-0.15, -0.1) is 0 Å². The van der Waals surface area contributed by atoms with E-state index in [0.29, 0.717) is 4.36 Å². The molecule has 0 radical (unpaired) electrons. The molecule has 3 heteroatoms. The highest BCUT2D eigenvalue weighted by atomic mass is 35.5. The van der Waals surface area contributed by atoms with Crippen LogP contribution in [0.15, 0.2) is 39.1 Å². The van der Waals surface area contributed by atoms with Gasteiger partial charge < -0.3 is 0 Å². The minimum Gasteiger partial charge on any atom is -0.248 e. The molecule has 1 fully saturated rings. The molecular weight excluding hydrogens is 324 g/mol. The molecule has 1 aromatic rings. The third kappa shape index (κ3) is 6.43. The lowest BCUT2D eigenvalue weighted by Gasteiger charge is -2.13. The average Bonchev–Trinajstić information content (AvgIpc) is 2.55. The molecule has 0 spiro atoms. The quantitative estimate of drug-likeness (QED) is 0.568. The summed E-state index contributed by atoms with van der Waals surface area (Å²) in [6.07, 6.45) is 13.7. The first kappa shape index (κ1) is 18.7. The van der Waals surface area contributed by atoms with Crippen LogP contribution in [-0.2, 0) is 10.8 Å². The van der Waals surface area contributed by atoms with Gasteiger partial charge in [0.1, 0.15) is 4.36 Å². The molecule has 23 heavy (non-hydrogen) atoms. The third-order valence-electron chi connectivity index (χ3n) is 4.63. The molecule has 1 aromatic carbocycles. The van der Waals surface area contributed by atoms with Gasteiger partial charge in [0, 0.05) is 4.90 Å². The summed E-state index contributed by atoms with van der Waals surface area (Å²) in [4.78, 5) is 0.819. The van der Waals surface area contributed by atoms with Crippen LogP contribution in [0.4, 0.5) is 0 Å². The molecule has 1 aliphatic rings. The van der Waals surface area contributed by atoms with Gasteiger partial charge in [-0.25, -0.2) is 4.21 Å². The van der Waals surface area contributed by atoms with E-state index in [1.165, 1.54) is 68.9 Å². The van der Waals surface area contributed by atoms with Gasteiger partial charge >= 0.3 is 0 Å². The second-order valence-corrected chi connectivity index (χ2v) is 8.66. The van der Waals surface area contributed by atoms with E-state index in [0.717, 1.165) is 17.7 Å². The lowest BCUT2D eigenvalue weighted by atomic mass is 9.98. The van der Waals surface area contributed by atoms with Gasteiger partial charge in [0.25, 0.3) is 0 Å². The van der Waals surface area contributed by atoms with Gasteiger partial charge in [-0.3, -0.25) is 0 Å². The van der Waals surface area contributed by atoms with Crippen molar-refractivity contribution in [2.24, 2.45) is 0 Å². The van der Waals surface area contributed by atoms with E-state index in [1.807, 2.05) is 31.2 Å². The Morgan fingerprint density at radius 2 is 1.26 bits per heavy atom. The standard InChI is InChI=1S/C20H29ClOS/c1-17-13-15-19(16-14-17)23(22)20(21)18-11-9-7-5-3-2-4-6-8-10-12-18/h13-16H,2-12H2,1H3. The Kier molecular flexibility index (Phi) is 8.39. The third-order valence-corrected chi connectivity index (χ3v) is 6.64. The van der Waals surface area contributed by atoms with Gasteiger partial charge in [-0.1, -0.05) is 74.2 Å². The zero-order valence-electron chi connectivity index (χ0n) is 14.3. The van der Waals surface area contributed by atoms with Crippen molar-refractivity contribution in [1.29, 1.82) is 0 Å². The highest BCUT2D eigenvalue weighted by molar-refractivity contribution is 7.90. The van der Waals surface area contributed by atoms with Crippen molar-refractivity contribution in [2.75, 3.05) is 0 Å². The van der Waals surface area contributed by atoms with Gasteiger partial charge in [0.15, 0.2) is 0 Å². The zero-order valence-corrected chi connectivity index (χ0v) is 15.9. The Labute approximate surface area is 149 Å². The number of hydrogen-bond donors (Lipinski definition) is 0. The molecule has 0 amide bonds. The summed E-state index contributed by atoms with van der Waals surface area (Å²) in [5, 5.41) is 0. The average molecular weight is 353 g/mol. The Morgan fingerprint density at radius 1 is 0.826 bits per heavy atom. The molecule has 1 atom stereocenters. The van der Waals surface area contributed by atoms with Crippen molar-refractivity contribution in [2.45, 2.75) is 82.4 Å². The van der Waals surface area contributed by atoms with Crippen LogP contribution in [0.5, 0.6) is 0 Å². The number of allylic oxidation sites excluding steroid dienone is 1. The number of halogens is 1. The van der Waals surface area contributed by atoms with Crippen molar-refractivity contribution in [3.05, 3.63) is 39.8 Å². The molecule has 0 saturated heterocycles. The fraction of sp³-hybridized carbons (Fsp3) is 0.600. The predicted octanol–water partition coefficient (Wildman–Crippen LogP) is 6.86. The first-order valence-electron chi connectivity index (χ1n) is 9.04. The van der Waals surface area contributed by atoms with E-state index in [2.05, 4.69) is 0 Å². The Morgan fingerprint density at radius 3 is 1.74 bits per heavy atom. The van der Waals surface area contributed by atoms with E-state index in [1.54, 1.807) is 0 Å². The molecule has 0 heterocycles. The lowest BCUT2D eigenvalue weighted by molar-refractivity contribution is 0.540. The maximum atomic E-state index is 12.8. The monoisotopic (exact) mass is 352 g/mol. The molecule has 1 aliphatic carbocycles. The normalized spacial score (nSPS) is 19.5. The molecule has 1 saturated carbocycles. The molecule has 1 unspecified atom stereocenters. The second kappa shape index (κ2) is 10.3. The number of rotatable bonds is 2. The van der Waals surface area contributed by atoms with E-state index >= 15 is 0 Å². The van der Waals surface area contributed by atoms with E-state index in [-0.39, 0.29) is 0 Å². The summed E-state index contributed by atoms with van der Waals surface area (Å²) in [7, 11) is -1.22. The van der Waals surface area contributed by atoms with Crippen LogP contribution >= 0.6 is 11.6 Å². The van der Waals surface area contributed by atoms with Gasteiger partial charge in [0.2, 0.25) is 0 Å². The topological polar surface area (TPSA) is 17.1 Å². The Bertz CT molecular complexity index is 519. The molecule has 1 nitrogen and oxygen atoms in total. The molecule has 0 aliphatic heterocycles. The number of hydrogen-bond acceptors (Lipinski definition) is 1. The summed E-state index contributed by atoms with van der Waals surface area (Å²) in [6.45, 7) is 2.04. The van der Waals surface area contributed by atoms with E-state index in [9.17, 15) is 4.21 Å². The van der Waals surface area contributed by atoms with Crippen LogP contribution in [0.1, 0.15) is 76.2 Å². The van der Waals surface area contributed by atoms with Crippen LogP contribution in [0, 0.1) is 6.92 Å². The maximum absolute atomic E-state index is 12.8. The van der Waals surface area contributed by atoms with Crippen molar-refractivity contribution in [3.63, 3.8) is 0 Å². The molecule has 0 bridgehead atoms. The summed E-state index contributed by atoms with van der Waals surface area (Å²) < 4.78 is 13.3. The predicted molar refractivity (Wildman–Crippen MR) is 101 cm³/mol. The smallest absolute Gasteiger partial charge is 0.109 e. The van der Waals surface area contributed by atoms with Crippen LogP contribution < -0.4 is 0 Å². The summed E-state index contributed by atoms with van der Waals surface area (Å²) in [6, 6.07) is 7.87. The van der Waals surface area contributed by atoms with Crippen molar-refractivity contribution < 1.29 is 4.21 Å². The number of benzene rings is 1. The van der Waals surface area contributed by atoms with Gasteiger partial charge in [-0.2, -0.15) is 0 Å². The van der Waals surface area contributed by atoms with Crippen LogP contribution in [-0.4, -0.2) is 4.21 Å². The largest absolute Gasteiger partial charge is 0.248 e. The highest BCUT2D eigenvalue weighted by Crippen LogP contribution is 2.29. The SMILES string of the molecule is Cc1ccc(S(=O)C(Cl)=C2CCCCCCCCCCC2)cc1. The van der Waals surface area contributed by atoms with Crippen LogP contribution in [0.25, 0.3) is 0 Å². The van der Waals surface area contributed by atoms with Crippen LogP contribution in [0.3, 0.4) is 0 Å². The van der Waals surface area contributed by atoms with Gasteiger partial charge in [-0.05, 0) is 50.3 Å². The summed E-state index contributed by atoms with van der Waals surface area (Å²) >= 11 is 6.56. The first-order valence-corrected chi connectivity index (χ1v) is 10.6. The fourth-order valence-electron chi connectivity index (χ4n) is 3.13. The van der Waals surface area contributed by atoms with Crippen molar-refractivity contribution >= 4 is 22.4 Å². The molecule has 2 rings (SSSR count). The lowest BCUT2D eigenvalue weighted by Crippen LogP contribution is -1.98. The fourth-order valence-corrected chi connectivity index (χ4v) is 4.64. The Balaban J connectivity index is 2.09. The molecule has 0 N–H and O–H groups in total. The van der Waals surface area contributed by atoms with Crippen molar-refractivity contribution in [1.82, 2.24) is 0 Å². The van der Waals surface area contributed by atoms with E-state index < -0.39 is 10.8 Å². The highest BCUT2D eigenvalue weighted by Gasteiger charge is 2.14. The minimum absolute atomic E-state index is 0.589. The van der Waals surface area contributed by atoms with Crippen molar-refractivity contribution in [3.8, 4) is 0 Å². The number of aryl methyl sites for hydroxylation is 1.